The molecule has 14 nitrogen and oxygen atoms in total. The Bertz CT molecular complexity index is 2520. The van der Waals surface area contributed by atoms with Crippen LogP contribution in [0.2, 0.25) is 0 Å². The number of sulfone groups is 1. The highest BCUT2D eigenvalue weighted by Crippen LogP contribution is 2.40. The van der Waals surface area contributed by atoms with E-state index >= 15 is 0 Å². The number of ether oxygens (including phenoxy) is 4. The van der Waals surface area contributed by atoms with Crippen molar-refractivity contribution in [1.82, 2.24) is 15.1 Å². The smallest absolute Gasteiger partial charge is 0.265 e. The van der Waals surface area contributed by atoms with Crippen LogP contribution in [0.1, 0.15) is 143 Å². The molecule has 1 fully saturated rings. The van der Waals surface area contributed by atoms with Gasteiger partial charge in [-0.15, -0.1) is 11.3 Å². The molecule has 3 aliphatic heterocycles. The van der Waals surface area contributed by atoms with Gasteiger partial charge in [0.05, 0.1) is 48.8 Å². The maximum Gasteiger partial charge on any atom is 0.265 e. The van der Waals surface area contributed by atoms with Crippen LogP contribution < -0.4 is 24.3 Å². The Morgan fingerprint density at radius 3 is 2.17 bits per heavy atom. The molecule has 0 saturated carbocycles. The summed E-state index contributed by atoms with van der Waals surface area (Å²) in [6.07, 6.45) is 13.8. The van der Waals surface area contributed by atoms with E-state index in [1.807, 2.05) is 24.4 Å². The lowest BCUT2D eigenvalue weighted by atomic mass is 10.0. The van der Waals surface area contributed by atoms with E-state index < -0.39 is 45.4 Å². The second-order valence-corrected chi connectivity index (χ2v) is 20.3. The number of aryl methyl sites for hydroxylation is 1. The van der Waals surface area contributed by atoms with E-state index in [9.17, 15) is 32.4 Å². The monoisotopic (exact) mass is 941 g/mol. The first-order valence-electron chi connectivity index (χ1n) is 22.9. The van der Waals surface area contributed by atoms with E-state index in [2.05, 4.69) is 17.4 Å². The number of imide groups is 2. The molecule has 16 heteroatoms. The van der Waals surface area contributed by atoms with Gasteiger partial charge in [-0.25, -0.2) is 8.42 Å². The third-order valence-electron chi connectivity index (χ3n) is 12.4. The fraction of sp³-hybridized carbons (Fsp3) is 0.460. The van der Waals surface area contributed by atoms with E-state index in [-0.39, 0.29) is 29.4 Å². The Morgan fingerprint density at radius 1 is 0.773 bits per heavy atom. The van der Waals surface area contributed by atoms with E-state index in [4.69, 9.17) is 18.9 Å². The van der Waals surface area contributed by atoms with Crippen molar-refractivity contribution in [3.63, 3.8) is 0 Å². The second kappa shape index (κ2) is 22.2. The topological polar surface area (TPSA) is 175 Å². The number of unbranched alkanes of at least 4 members (excludes halogenated alkanes) is 9. The highest BCUT2D eigenvalue weighted by molar-refractivity contribution is 7.90. The van der Waals surface area contributed by atoms with Gasteiger partial charge in [0.2, 0.25) is 11.8 Å². The number of piperidine rings is 1. The standard InChI is InChI=1S/C50H59N3O11S2/c1-4-62-43-28-34(21-25-41(43)61-2)40(32-66(3,59)60)53-49(57)36-17-15-18-42(46(36)50(53)58)63-27-14-12-10-8-6-5-7-9-11-13-16-33-19-22-35(23-20-33)64-30-44-37-29-52(48(56)38(37)31-65-44)39-24-26-45(54)51-47(39)55/h15,17-23,25,28,31,39-40H,4-14,16,24,26-27,29-30,32H2,1-3H3,(H,51,54,55)/t39?,40-/m1/s1. The lowest BCUT2D eigenvalue weighted by molar-refractivity contribution is -0.136. The summed E-state index contributed by atoms with van der Waals surface area (Å²) in [7, 11) is -2.12. The summed E-state index contributed by atoms with van der Waals surface area (Å²) in [4.78, 5) is 68.2. The summed E-state index contributed by atoms with van der Waals surface area (Å²) in [5, 5.41) is 4.18. The van der Waals surface area contributed by atoms with Gasteiger partial charge in [-0.05, 0) is 80.1 Å². The van der Waals surface area contributed by atoms with Crippen molar-refractivity contribution in [3.8, 4) is 23.0 Å². The summed E-state index contributed by atoms with van der Waals surface area (Å²) in [6, 6.07) is 16.3. The minimum absolute atomic E-state index is 0.154. The molecule has 3 aliphatic rings. The molecule has 2 atom stereocenters. The molecule has 0 aliphatic carbocycles. The minimum atomic E-state index is -3.62. The predicted molar refractivity (Wildman–Crippen MR) is 250 cm³/mol. The normalized spacial score (nSPS) is 16.3. The van der Waals surface area contributed by atoms with E-state index in [1.165, 1.54) is 56.1 Å². The van der Waals surface area contributed by atoms with Gasteiger partial charge in [0.25, 0.3) is 17.7 Å². The van der Waals surface area contributed by atoms with Crippen LogP contribution >= 0.6 is 11.3 Å². The van der Waals surface area contributed by atoms with Crippen LogP contribution in [0.4, 0.5) is 0 Å². The van der Waals surface area contributed by atoms with E-state index in [1.54, 1.807) is 41.3 Å². The maximum atomic E-state index is 13.9. The molecule has 0 bridgehead atoms. The third kappa shape index (κ3) is 11.6. The van der Waals surface area contributed by atoms with Crippen LogP contribution in [0.3, 0.4) is 0 Å². The Kier molecular flexibility index (Phi) is 16.2. The zero-order chi connectivity index (χ0) is 46.8. The minimum Gasteiger partial charge on any atom is -0.493 e. The predicted octanol–water partition coefficient (Wildman–Crippen LogP) is 8.40. The number of hydrogen-bond donors (Lipinski definition) is 1. The Labute approximate surface area is 390 Å². The summed E-state index contributed by atoms with van der Waals surface area (Å²) in [5.74, 6) is -0.563. The molecular formula is C50H59N3O11S2. The van der Waals surface area contributed by atoms with Crippen molar-refractivity contribution in [2.45, 2.75) is 116 Å². The first-order chi connectivity index (χ1) is 31.9. The molecule has 3 aromatic carbocycles. The molecule has 1 unspecified atom stereocenters. The number of carbonyl (C=O) groups excluding carboxylic acids is 5. The molecule has 1 aromatic heterocycles. The van der Waals surface area contributed by atoms with Crippen LogP contribution in [0.25, 0.3) is 0 Å². The van der Waals surface area contributed by atoms with E-state index in [0.717, 1.165) is 65.9 Å². The number of rotatable bonds is 25. The number of amides is 5. The summed E-state index contributed by atoms with van der Waals surface area (Å²) in [6.45, 7) is 3.24. The van der Waals surface area contributed by atoms with Crippen molar-refractivity contribution < 1.29 is 51.3 Å². The second-order valence-electron chi connectivity index (χ2n) is 17.1. The van der Waals surface area contributed by atoms with Crippen LogP contribution in [0.5, 0.6) is 23.0 Å². The fourth-order valence-corrected chi connectivity index (χ4v) is 10.8. The van der Waals surface area contributed by atoms with Gasteiger partial charge in [0, 0.05) is 35.0 Å². The van der Waals surface area contributed by atoms with Gasteiger partial charge in [0.15, 0.2) is 11.5 Å². The SMILES string of the molecule is CCOc1cc([C@@H](CS(C)(=O)=O)N2C(=O)c3cccc(OCCCCCCCCCCCCc4ccc(OCc5scc6c5CN(C5CCC(=O)NC5=O)C6=O)cc4)c3C2=O)ccc1OC. The average molecular weight is 942 g/mol. The Balaban J connectivity index is 0.760. The molecule has 0 spiro atoms. The Hall–Kier alpha value is -5.74. The lowest BCUT2D eigenvalue weighted by Crippen LogP contribution is -2.52. The van der Waals surface area contributed by atoms with Crippen LogP contribution in [0.15, 0.2) is 66.0 Å². The number of nitrogens with zero attached hydrogens (tertiary/aromatic N) is 2. The molecule has 1 N–H and O–H groups in total. The summed E-state index contributed by atoms with van der Waals surface area (Å²) >= 11 is 1.49. The number of thiophene rings is 1. The number of carbonyl (C=O) groups is 5. The maximum absolute atomic E-state index is 13.9. The molecule has 66 heavy (non-hydrogen) atoms. The molecule has 0 radical (unpaired) electrons. The molecule has 352 valence electrons. The van der Waals surface area contributed by atoms with Gasteiger partial charge in [-0.1, -0.05) is 75.6 Å². The zero-order valence-corrected chi connectivity index (χ0v) is 39.6. The average Bonchev–Trinajstić information content (AvgIpc) is 3.93. The first kappa shape index (κ1) is 48.2. The number of hydrogen-bond acceptors (Lipinski definition) is 12. The van der Waals surface area contributed by atoms with Gasteiger partial charge < -0.3 is 23.8 Å². The first-order valence-corrected chi connectivity index (χ1v) is 25.9. The number of fused-ring (bicyclic) bond motifs is 2. The summed E-state index contributed by atoms with van der Waals surface area (Å²) < 4.78 is 48.5. The van der Waals surface area contributed by atoms with Crippen molar-refractivity contribution >= 4 is 50.7 Å². The quantitative estimate of drug-likeness (QED) is 0.0499. The molecule has 7 rings (SSSR count). The molecule has 4 heterocycles. The Morgan fingerprint density at radius 2 is 1.48 bits per heavy atom. The van der Waals surface area contributed by atoms with Crippen molar-refractivity contribution in [3.05, 3.63) is 104 Å². The highest BCUT2D eigenvalue weighted by Gasteiger charge is 2.44. The molecular weight excluding hydrogens is 883 g/mol. The third-order valence-corrected chi connectivity index (χ3v) is 14.3. The number of benzene rings is 3. The van der Waals surface area contributed by atoms with Crippen LogP contribution in [0, 0.1) is 0 Å². The lowest BCUT2D eigenvalue weighted by Gasteiger charge is -2.29. The highest BCUT2D eigenvalue weighted by atomic mass is 32.2. The van der Waals surface area contributed by atoms with Crippen LogP contribution in [-0.4, -0.2) is 86.1 Å². The summed E-state index contributed by atoms with van der Waals surface area (Å²) in [5.41, 5.74) is 3.57. The van der Waals surface area contributed by atoms with E-state index in [0.29, 0.717) is 61.2 Å². The van der Waals surface area contributed by atoms with Crippen molar-refractivity contribution in [2.75, 3.05) is 32.3 Å². The molecule has 4 aromatic rings. The van der Waals surface area contributed by atoms with Gasteiger partial charge in [-0.2, -0.15) is 0 Å². The molecule has 1 saturated heterocycles. The van der Waals surface area contributed by atoms with Gasteiger partial charge in [-0.3, -0.25) is 34.2 Å². The number of nitrogens with one attached hydrogen (secondary N) is 1. The molecule has 5 amide bonds. The van der Waals surface area contributed by atoms with Gasteiger partial charge in [0.1, 0.15) is 34.0 Å². The van der Waals surface area contributed by atoms with Gasteiger partial charge >= 0.3 is 0 Å². The van der Waals surface area contributed by atoms with Crippen LogP contribution in [-0.2, 0) is 39.0 Å². The zero-order valence-electron chi connectivity index (χ0n) is 37.9. The fourth-order valence-electron chi connectivity index (χ4n) is 8.90. The number of methoxy groups -OCH3 is 1. The van der Waals surface area contributed by atoms with Crippen molar-refractivity contribution in [2.24, 2.45) is 0 Å². The largest absolute Gasteiger partial charge is 0.493 e. The van der Waals surface area contributed by atoms with Crippen molar-refractivity contribution in [1.29, 1.82) is 0 Å².